The van der Waals surface area contributed by atoms with Crippen LogP contribution in [0.15, 0.2) is 77.9 Å². The van der Waals surface area contributed by atoms with E-state index in [1.165, 1.54) is 16.8 Å². The summed E-state index contributed by atoms with van der Waals surface area (Å²) in [7, 11) is 1.51. The van der Waals surface area contributed by atoms with Gasteiger partial charge in [0.15, 0.2) is 5.69 Å². The number of ether oxygens (including phenoxy) is 2. The summed E-state index contributed by atoms with van der Waals surface area (Å²) in [5.41, 5.74) is 2.28. The Kier molecular flexibility index (Phi) is 7.71. The molecule has 2 amide bonds. The van der Waals surface area contributed by atoms with E-state index in [2.05, 4.69) is 10.2 Å². The van der Waals surface area contributed by atoms with Crippen LogP contribution < -0.4 is 14.6 Å². The molecular formula is C33H28ClN5O6. The number of Topliss-reactive ketones (excluding diaryl/α,β-unsaturated/α-hetero) is 1. The van der Waals surface area contributed by atoms with Crippen LogP contribution in [-0.2, 0) is 14.3 Å². The highest BCUT2D eigenvalue weighted by atomic mass is 35.5. The van der Waals surface area contributed by atoms with E-state index in [9.17, 15) is 19.2 Å². The number of esters is 1. The van der Waals surface area contributed by atoms with E-state index in [1.807, 2.05) is 31.2 Å². The van der Waals surface area contributed by atoms with Gasteiger partial charge in [-0.05, 0) is 81.4 Å². The molecule has 2 atom stereocenters. The van der Waals surface area contributed by atoms with Crippen LogP contribution in [0.4, 0.5) is 11.4 Å². The third-order valence-corrected chi connectivity index (χ3v) is 8.05. The molecule has 228 valence electrons. The number of imide groups is 1. The number of aromatic nitrogens is 2. The third-order valence-electron chi connectivity index (χ3n) is 7.79. The van der Waals surface area contributed by atoms with Gasteiger partial charge in [0.25, 0.3) is 5.91 Å². The molecule has 0 aliphatic carbocycles. The lowest BCUT2D eigenvalue weighted by Crippen LogP contribution is -2.39. The quantitative estimate of drug-likeness (QED) is 0.153. The number of rotatable bonds is 8. The van der Waals surface area contributed by atoms with Crippen molar-refractivity contribution < 1.29 is 28.7 Å². The number of anilines is 2. The standard InChI is InChI=1S/C33H28ClN5O6/c1-5-45-33(43)28-25(19(3)38(36-28)22-10-6-18(2)7-11-22)30(40)27-26-29(39(35-27)23-12-8-20(34)9-13-23)32(42)37(31(26)41)21-14-16-24(44-4)17-15-21/h6-17,26,29H,5H2,1-4H3/t26-,29-/m0/s1. The molecule has 0 spiro atoms. The first-order valence-corrected chi connectivity index (χ1v) is 14.6. The Hall–Kier alpha value is -5.29. The number of amides is 2. The van der Waals surface area contributed by atoms with Gasteiger partial charge in [0.1, 0.15) is 23.4 Å². The molecule has 1 aromatic heterocycles. The lowest BCUT2D eigenvalue weighted by molar-refractivity contribution is -0.121. The highest BCUT2D eigenvalue weighted by molar-refractivity contribution is 6.54. The van der Waals surface area contributed by atoms with Crippen molar-refractivity contribution in [2.45, 2.75) is 26.8 Å². The second-order valence-electron chi connectivity index (χ2n) is 10.5. The number of methoxy groups -OCH3 is 1. The fourth-order valence-electron chi connectivity index (χ4n) is 5.58. The van der Waals surface area contributed by atoms with Crippen molar-refractivity contribution in [1.82, 2.24) is 9.78 Å². The first-order valence-electron chi connectivity index (χ1n) is 14.2. The summed E-state index contributed by atoms with van der Waals surface area (Å²) in [6, 6.07) is 19.2. The second kappa shape index (κ2) is 11.7. The Balaban J connectivity index is 1.49. The molecule has 45 heavy (non-hydrogen) atoms. The average molecular weight is 626 g/mol. The van der Waals surface area contributed by atoms with Gasteiger partial charge in [0.05, 0.1) is 42.0 Å². The number of carbonyl (C=O) groups is 4. The zero-order chi connectivity index (χ0) is 32.0. The lowest BCUT2D eigenvalue weighted by Gasteiger charge is -2.22. The predicted molar refractivity (Wildman–Crippen MR) is 167 cm³/mol. The number of benzene rings is 3. The third kappa shape index (κ3) is 5.04. The number of ketones is 1. The summed E-state index contributed by atoms with van der Waals surface area (Å²) in [6.45, 7) is 5.30. The van der Waals surface area contributed by atoms with E-state index in [1.54, 1.807) is 62.4 Å². The molecular weight excluding hydrogens is 598 g/mol. The van der Waals surface area contributed by atoms with Crippen molar-refractivity contribution in [3.63, 3.8) is 0 Å². The molecule has 0 unspecified atom stereocenters. The van der Waals surface area contributed by atoms with E-state index in [0.717, 1.165) is 10.5 Å². The monoisotopic (exact) mass is 625 g/mol. The zero-order valence-corrected chi connectivity index (χ0v) is 25.6. The van der Waals surface area contributed by atoms with E-state index in [0.29, 0.717) is 33.5 Å². The maximum Gasteiger partial charge on any atom is 0.359 e. The predicted octanol–water partition coefficient (Wildman–Crippen LogP) is 4.94. The van der Waals surface area contributed by atoms with Crippen molar-refractivity contribution in [1.29, 1.82) is 0 Å². The van der Waals surface area contributed by atoms with Crippen LogP contribution in [0.2, 0.25) is 5.02 Å². The Morgan fingerprint density at radius 3 is 2.11 bits per heavy atom. The molecule has 11 nitrogen and oxygen atoms in total. The fourth-order valence-corrected chi connectivity index (χ4v) is 5.70. The number of hydrogen-bond donors (Lipinski definition) is 0. The van der Waals surface area contributed by atoms with E-state index in [-0.39, 0.29) is 23.6 Å². The van der Waals surface area contributed by atoms with Crippen molar-refractivity contribution in [2.75, 3.05) is 23.6 Å². The average Bonchev–Trinajstić information content (AvgIpc) is 3.68. The van der Waals surface area contributed by atoms with Gasteiger partial charge in [-0.2, -0.15) is 10.2 Å². The highest BCUT2D eigenvalue weighted by Crippen LogP contribution is 2.39. The largest absolute Gasteiger partial charge is 0.497 e. The molecule has 0 radical (unpaired) electrons. The molecule has 6 rings (SSSR count). The Bertz CT molecular complexity index is 1870. The minimum absolute atomic E-state index is 0.0582. The maximum absolute atomic E-state index is 14.5. The lowest BCUT2D eigenvalue weighted by atomic mass is 9.91. The Morgan fingerprint density at radius 2 is 1.49 bits per heavy atom. The minimum atomic E-state index is -1.26. The van der Waals surface area contributed by atoms with Gasteiger partial charge >= 0.3 is 5.97 Å². The topological polar surface area (TPSA) is 123 Å². The highest BCUT2D eigenvalue weighted by Gasteiger charge is 2.59. The van der Waals surface area contributed by atoms with E-state index < -0.39 is 35.5 Å². The first-order chi connectivity index (χ1) is 21.6. The molecule has 2 aliphatic heterocycles. The molecule has 0 bridgehead atoms. The van der Waals surface area contributed by atoms with Crippen molar-refractivity contribution >= 4 is 52.3 Å². The summed E-state index contributed by atoms with van der Waals surface area (Å²) >= 11 is 6.12. The Morgan fingerprint density at radius 1 is 0.867 bits per heavy atom. The normalized spacial score (nSPS) is 17.4. The van der Waals surface area contributed by atoms with Gasteiger partial charge in [-0.25, -0.2) is 14.4 Å². The molecule has 1 fully saturated rings. The van der Waals surface area contributed by atoms with E-state index >= 15 is 0 Å². The van der Waals surface area contributed by atoms with Crippen LogP contribution in [0, 0.1) is 19.8 Å². The minimum Gasteiger partial charge on any atom is -0.497 e. The first kappa shape index (κ1) is 29.8. The molecule has 1 saturated heterocycles. The van der Waals surface area contributed by atoms with Crippen LogP contribution in [0.25, 0.3) is 5.69 Å². The van der Waals surface area contributed by atoms with Crippen molar-refractivity contribution in [3.8, 4) is 11.4 Å². The molecule has 12 heteroatoms. The number of halogens is 1. The van der Waals surface area contributed by atoms with Crippen LogP contribution in [0.5, 0.6) is 5.75 Å². The number of aryl methyl sites for hydroxylation is 1. The zero-order valence-electron chi connectivity index (χ0n) is 24.9. The van der Waals surface area contributed by atoms with Crippen molar-refractivity contribution in [3.05, 3.63) is 100 Å². The smallest absolute Gasteiger partial charge is 0.359 e. The van der Waals surface area contributed by atoms with Gasteiger partial charge in [-0.15, -0.1) is 0 Å². The van der Waals surface area contributed by atoms with Crippen LogP contribution in [0.3, 0.4) is 0 Å². The number of carbonyl (C=O) groups excluding carboxylic acids is 4. The molecule has 3 aromatic carbocycles. The molecule has 3 heterocycles. The molecule has 4 aromatic rings. The van der Waals surface area contributed by atoms with Gasteiger partial charge in [0.2, 0.25) is 11.7 Å². The number of hydrogen-bond acceptors (Lipinski definition) is 9. The van der Waals surface area contributed by atoms with Gasteiger partial charge < -0.3 is 9.47 Å². The summed E-state index contributed by atoms with van der Waals surface area (Å²) in [5, 5.41) is 10.9. The van der Waals surface area contributed by atoms with E-state index in [4.69, 9.17) is 21.1 Å². The molecule has 0 saturated carbocycles. The van der Waals surface area contributed by atoms with Gasteiger partial charge in [-0.1, -0.05) is 29.3 Å². The number of hydrazone groups is 1. The SMILES string of the molecule is CCOC(=O)c1nn(-c2ccc(C)cc2)c(C)c1C(=O)C1=NN(c2ccc(Cl)cc2)[C@@H]2C(=O)N(c3ccc(OC)cc3)C(=O)[C@@H]12. The summed E-state index contributed by atoms with van der Waals surface area (Å²) in [5.74, 6) is -3.41. The second-order valence-corrected chi connectivity index (χ2v) is 11.0. The van der Waals surface area contributed by atoms with Crippen LogP contribution >= 0.6 is 11.6 Å². The van der Waals surface area contributed by atoms with Gasteiger partial charge in [-0.3, -0.25) is 19.4 Å². The molecule has 2 aliphatic rings. The number of fused-ring (bicyclic) bond motifs is 1. The van der Waals surface area contributed by atoms with Gasteiger partial charge in [0, 0.05) is 5.02 Å². The number of nitrogens with zero attached hydrogens (tertiary/aromatic N) is 5. The Labute approximate surface area is 263 Å². The summed E-state index contributed by atoms with van der Waals surface area (Å²) in [4.78, 5) is 56.8. The van der Waals surface area contributed by atoms with Crippen molar-refractivity contribution in [2.24, 2.45) is 11.0 Å². The summed E-state index contributed by atoms with van der Waals surface area (Å²) in [6.07, 6.45) is 0. The fraction of sp³-hybridized carbons (Fsp3) is 0.212. The maximum atomic E-state index is 14.5. The summed E-state index contributed by atoms with van der Waals surface area (Å²) < 4.78 is 12.0. The van der Waals surface area contributed by atoms with Crippen LogP contribution in [0.1, 0.15) is 39.0 Å². The molecule has 0 N–H and O–H groups in total. The van der Waals surface area contributed by atoms with Crippen LogP contribution in [-0.4, -0.2) is 58.8 Å².